The summed E-state index contributed by atoms with van der Waals surface area (Å²) < 4.78 is 0.0244. The molecule has 0 aromatic carbocycles. The first kappa shape index (κ1) is 21.6. The van der Waals surface area contributed by atoms with Crippen molar-refractivity contribution in [2.24, 2.45) is 10.7 Å². The number of unbranched alkanes of at least 4 members (excludes halogenated alkanes) is 9. The lowest BCUT2D eigenvalue weighted by atomic mass is 10.1. The second-order valence-corrected chi connectivity index (χ2v) is 7.01. The van der Waals surface area contributed by atoms with E-state index in [0.717, 1.165) is 12.8 Å². The van der Waals surface area contributed by atoms with Gasteiger partial charge in [0.05, 0.1) is 12.2 Å². The van der Waals surface area contributed by atoms with Crippen LogP contribution in [0.1, 0.15) is 78.1 Å². The highest BCUT2D eigenvalue weighted by Crippen LogP contribution is 2.20. The molecule has 0 saturated heterocycles. The fourth-order valence-corrected chi connectivity index (χ4v) is 3.19. The molecule has 5 heteroatoms. The number of rotatable bonds is 14. The smallest absolute Gasteiger partial charge is 0.233 e. The number of hydrogen-bond acceptors (Lipinski definition) is 4. The Labute approximate surface area is 152 Å². The predicted octanol–water partition coefficient (Wildman–Crippen LogP) is 3.22. The topological polar surface area (TPSA) is 78.5 Å². The van der Waals surface area contributed by atoms with Crippen molar-refractivity contribution in [2.45, 2.75) is 84.2 Å². The Bertz CT molecular complexity index is 483. The van der Waals surface area contributed by atoms with E-state index < -0.39 is 5.97 Å². The van der Waals surface area contributed by atoms with Crippen LogP contribution in [0.3, 0.4) is 0 Å². The van der Waals surface area contributed by atoms with Gasteiger partial charge in [-0.25, -0.2) is 4.48 Å². The van der Waals surface area contributed by atoms with E-state index in [9.17, 15) is 9.90 Å². The number of quaternary nitrogens is 1. The Morgan fingerprint density at radius 2 is 1.80 bits per heavy atom. The number of hydrogen-bond donors (Lipinski definition) is 1. The maximum absolute atomic E-state index is 11.1. The maximum atomic E-state index is 11.1. The van der Waals surface area contributed by atoms with Crippen molar-refractivity contribution in [3.63, 3.8) is 0 Å². The number of aliphatic imine (C=N–C) groups is 1. The van der Waals surface area contributed by atoms with Gasteiger partial charge >= 0.3 is 0 Å². The second kappa shape index (κ2) is 12.0. The van der Waals surface area contributed by atoms with Crippen molar-refractivity contribution < 1.29 is 14.4 Å². The summed E-state index contributed by atoms with van der Waals surface area (Å²) in [4.78, 5) is 15.4. The molecule has 2 N–H and O–H groups in total. The van der Waals surface area contributed by atoms with E-state index in [-0.39, 0.29) is 17.2 Å². The summed E-state index contributed by atoms with van der Waals surface area (Å²) in [5.74, 6) is -0.445. The summed E-state index contributed by atoms with van der Waals surface area (Å²) in [7, 11) is 0. The number of amidine groups is 1. The fraction of sp³-hybridized carbons (Fsp3) is 0.700. The van der Waals surface area contributed by atoms with Gasteiger partial charge in [0.15, 0.2) is 0 Å². The highest BCUT2D eigenvalue weighted by Gasteiger charge is 2.37. The van der Waals surface area contributed by atoms with Crippen molar-refractivity contribution in [1.82, 2.24) is 0 Å². The molecule has 0 bridgehead atoms. The van der Waals surface area contributed by atoms with Gasteiger partial charge in [-0.1, -0.05) is 64.4 Å². The van der Waals surface area contributed by atoms with Crippen LogP contribution < -0.4 is 10.8 Å². The molecule has 0 amide bonds. The number of carbonyl (C=O) groups excluding carboxylic acids is 1. The Kier molecular flexibility index (Phi) is 10.3. The zero-order chi connectivity index (χ0) is 18.5. The van der Waals surface area contributed by atoms with E-state index in [1.165, 1.54) is 51.4 Å². The molecule has 1 heterocycles. The zero-order valence-corrected chi connectivity index (χ0v) is 16.0. The molecule has 5 nitrogen and oxygen atoms in total. The quantitative estimate of drug-likeness (QED) is 0.386. The maximum Gasteiger partial charge on any atom is 0.233 e. The van der Waals surface area contributed by atoms with Crippen LogP contribution in [0.2, 0.25) is 0 Å². The number of nitrogens with two attached hydrogens (primary N) is 1. The molecule has 2 unspecified atom stereocenters. The van der Waals surface area contributed by atoms with Crippen molar-refractivity contribution >= 4 is 11.8 Å². The van der Waals surface area contributed by atoms with Crippen LogP contribution in [0.15, 0.2) is 29.5 Å². The lowest BCUT2D eigenvalue weighted by Gasteiger charge is -2.35. The van der Waals surface area contributed by atoms with Gasteiger partial charge in [0, 0.05) is 13.0 Å². The van der Waals surface area contributed by atoms with Crippen molar-refractivity contribution in [2.75, 3.05) is 6.54 Å². The van der Waals surface area contributed by atoms with Crippen LogP contribution in [0.4, 0.5) is 0 Å². The van der Waals surface area contributed by atoms with Gasteiger partial charge in [-0.05, 0) is 12.8 Å². The van der Waals surface area contributed by atoms with E-state index in [2.05, 4.69) is 18.0 Å². The van der Waals surface area contributed by atoms with Crippen LogP contribution in [0.5, 0.6) is 0 Å². The lowest BCUT2D eigenvalue weighted by molar-refractivity contribution is -0.805. The first-order valence-corrected chi connectivity index (χ1v) is 9.78. The third kappa shape index (κ3) is 7.53. The SMILES string of the molecule is CCCCCCCCCCC/C=C/C1=NC=C[N+]1(CC(=O)[O-])C(C)N. The van der Waals surface area contributed by atoms with Crippen LogP contribution >= 0.6 is 0 Å². The third-order valence-electron chi connectivity index (χ3n) is 4.82. The Hall–Kier alpha value is -1.46. The van der Waals surface area contributed by atoms with E-state index >= 15 is 0 Å². The Morgan fingerprint density at radius 1 is 1.20 bits per heavy atom. The third-order valence-corrected chi connectivity index (χ3v) is 4.82. The first-order chi connectivity index (χ1) is 12.0. The van der Waals surface area contributed by atoms with Crippen LogP contribution in [0.25, 0.3) is 0 Å². The van der Waals surface area contributed by atoms with Gasteiger partial charge in [-0.15, -0.1) is 0 Å². The summed E-state index contributed by atoms with van der Waals surface area (Å²) in [6, 6.07) is 0. The van der Waals surface area contributed by atoms with Gasteiger partial charge in [0.2, 0.25) is 5.84 Å². The molecular formula is C20H35N3O2. The van der Waals surface area contributed by atoms with Gasteiger partial charge < -0.3 is 9.90 Å². The standard InChI is InChI=1S/C20H35N3O2/c1-3-4-5-6-7-8-9-10-11-12-13-14-19-22-15-16-23(19,18(2)21)17-20(24)25/h13-16,18H,3-12,17,21H2,1-2H3/b14-13+. The second-order valence-electron chi connectivity index (χ2n) is 7.01. The minimum Gasteiger partial charge on any atom is -0.544 e. The predicted molar refractivity (Wildman–Crippen MR) is 101 cm³/mol. The fourth-order valence-electron chi connectivity index (χ4n) is 3.19. The van der Waals surface area contributed by atoms with Crippen LogP contribution in [-0.4, -0.2) is 29.0 Å². The molecule has 1 aliphatic heterocycles. The Morgan fingerprint density at radius 3 is 2.36 bits per heavy atom. The molecule has 1 aliphatic rings. The molecule has 0 spiro atoms. The van der Waals surface area contributed by atoms with Crippen LogP contribution in [-0.2, 0) is 4.79 Å². The van der Waals surface area contributed by atoms with E-state index in [1.54, 1.807) is 19.3 Å². The van der Waals surface area contributed by atoms with Gasteiger partial charge in [0.1, 0.15) is 18.9 Å². The van der Waals surface area contributed by atoms with Crippen molar-refractivity contribution in [1.29, 1.82) is 0 Å². The highest BCUT2D eigenvalue weighted by atomic mass is 16.4. The molecule has 2 atom stereocenters. The molecular weight excluding hydrogens is 314 g/mol. The number of nitrogens with zero attached hydrogens (tertiary/aromatic N) is 2. The van der Waals surface area contributed by atoms with Gasteiger partial charge in [-0.2, -0.15) is 4.99 Å². The number of allylic oxidation sites excluding steroid dienone is 1. The molecule has 0 aliphatic carbocycles. The summed E-state index contributed by atoms with van der Waals surface area (Å²) in [6.45, 7) is 3.86. The molecule has 0 fully saturated rings. The van der Waals surface area contributed by atoms with Gasteiger partial charge in [0.25, 0.3) is 0 Å². The monoisotopic (exact) mass is 349 g/mol. The summed E-state index contributed by atoms with van der Waals surface area (Å²) in [5, 5.41) is 11.1. The lowest BCUT2D eigenvalue weighted by Crippen LogP contribution is -2.60. The molecule has 0 aromatic rings. The molecule has 142 valence electrons. The molecule has 0 saturated carbocycles. The zero-order valence-electron chi connectivity index (χ0n) is 16.0. The highest BCUT2D eigenvalue weighted by molar-refractivity contribution is 5.90. The molecule has 1 rings (SSSR count). The van der Waals surface area contributed by atoms with E-state index in [1.807, 2.05) is 6.08 Å². The van der Waals surface area contributed by atoms with Crippen LogP contribution in [0, 0.1) is 0 Å². The number of aliphatic carboxylic acids is 1. The van der Waals surface area contributed by atoms with Crippen molar-refractivity contribution in [3.05, 3.63) is 24.6 Å². The average Bonchev–Trinajstić information content (AvgIpc) is 2.96. The van der Waals surface area contributed by atoms with E-state index in [0.29, 0.717) is 5.84 Å². The molecule has 25 heavy (non-hydrogen) atoms. The summed E-state index contributed by atoms with van der Waals surface area (Å²) in [6.07, 6.45) is 19.8. The number of carboxylic acid groups (broad SMARTS) is 1. The van der Waals surface area contributed by atoms with Gasteiger partial charge in [-0.3, -0.25) is 5.73 Å². The number of carbonyl (C=O) groups is 1. The average molecular weight is 350 g/mol. The number of carboxylic acids is 1. The molecule has 0 aromatic heterocycles. The van der Waals surface area contributed by atoms with E-state index in [4.69, 9.17) is 5.73 Å². The minimum atomic E-state index is -1.12. The Balaban J connectivity index is 2.26. The summed E-state index contributed by atoms with van der Waals surface area (Å²) >= 11 is 0. The largest absolute Gasteiger partial charge is 0.544 e. The summed E-state index contributed by atoms with van der Waals surface area (Å²) in [5.41, 5.74) is 6.02. The normalized spacial score (nSPS) is 21.0. The van der Waals surface area contributed by atoms with Crippen molar-refractivity contribution in [3.8, 4) is 0 Å². The minimum absolute atomic E-state index is 0.0244. The molecule has 0 radical (unpaired) electrons. The first-order valence-electron chi connectivity index (χ1n) is 9.78.